The molecule has 3 heterocycles. The molecule has 29 heavy (non-hydrogen) atoms. The number of hydrogen-bond donors (Lipinski definition) is 0. The summed E-state index contributed by atoms with van der Waals surface area (Å²) in [4.78, 5) is 6.99. The molecule has 3 aromatic rings. The highest BCUT2D eigenvalue weighted by molar-refractivity contribution is 5.51. The molecule has 2 aliphatic rings. The second kappa shape index (κ2) is 6.76. The summed E-state index contributed by atoms with van der Waals surface area (Å²) >= 11 is 0. The van der Waals surface area contributed by atoms with Crippen LogP contribution in [0.3, 0.4) is 0 Å². The molecule has 152 valence electrons. The molecule has 2 fully saturated rings. The maximum Gasteiger partial charge on any atom is 0.247 e. The first-order valence-corrected chi connectivity index (χ1v) is 10.4. The predicted molar refractivity (Wildman–Crippen MR) is 107 cm³/mol. The van der Waals surface area contributed by atoms with Gasteiger partial charge in [0, 0.05) is 16.9 Å². The van der Waals surface area contributed by atoms with E-state index in [4.69, 9.17) is 8.94 Å². The minimum atomic E-state index is -0.110. The molecule has 5 rings (SSSR count). The fraction of sp³-hybridized carbons (Fsp3) is 0.545. The second-order valence-corrected chi connectivity index (χ2v) is 9.47. The Bertz CT molecular complexity index is 980. The SMILES string of the molecule is CC(C)(C)c1nc(CN2CCC3(CC2)CC3c2nnc(-c3ccccc3)o2)no1. The summed E-state index contributed by atoms with van der Waals surface area (Å²) in [5, 5.41) is 12.8. The summed E-state index contributed by atoms with van der Waals surface area (Å²) in [6.45, 7) is 9.08. The van der Waals surface area contributed by atoms with Crippen LogP contribution in [-0.4, -0.2) is 38.3 Å². The summed E-state index contributed by atoms with van der Waals surface area (Å²) in [5.41, 5.74) is 1.19. The van der Waals surface area contributed by atoms with Gasteiger partial charge in [0.1, 0.15) is 0 Å². The highest BCUT2D eigenvalue weighted by Crippen LogP contribution is 2.64. The number of hydrogen-bond acceptors (Lipinski definition) is 7. The molecule has 1 aliphatic heterocycles. The van der Waals surface area contributed by atoms with E-state index in [-0.39, 0.29) is 5.41 Å². The summed E-state index contributed by atoms with van der Waals surface area (Å²) in [6.07, 6.45) is 3.43. The van der Waals surface area contributed by atoms with Crippen molar-refractivity contribution >= 4 is 0 Å². The van der Waals surface area contributed by atoms with Crippen LogP contribution in [0.25, 0.3) is 11.5 Å². The van der Waals surface area contributed by atoms with E-state index in [0.29, 0.717) is 23.1 Å². The van der Waals surface area contributed by atoms with Gasteiger partial charge >= 0.3 is 0 Å². The Hall–Kier alpha value is -2.54. The lowest BCUT2D eigenvalue weighted by atomic mass is 9.91. The fourth-order valence-corrected chi connectivity index (χ4v) is 4.30. The van der Waals surface area contributed by atoms with E-state index < -0.39 is 0 Å². The summed E-state index contributed by atoms with van der Waals surface area (Å²) in [7, 11) is 0. The van der Waals surface area contributed by atoms with Crippen LogP contribution in [0.5, 0.6) is 0 Å². The standard InChI is InChI=1S/C22H27N5O2/c1-21(2,3)20-23-17(26-29-20)14-27-11-9-22(10-12-27)13-16(22)19-25-24-18(28-19)15-7-5-4-6-8-15/h4-8,16H,9-14H2,1-3H3. The quantitative estimate of drug-likeness (QED) is 0.657. The van der Waals surface area contributed by atoms with Gasteiger partial charge in [0.25, 0.3) is 0 Å². The van der Waals surface area contributed by atoms with Gasteiger partial charge in [0.2, 0.25) is 17.7 Å². The molecule has 0 bridgehead atoms. The van der Waals surface area contributed by atoms with E-state index in [0.717, 1.165) is 56.2 Å². The van der Waals surface area contributed by atoms with Crippen LogP contribution < -0.4 is 0 Å². The Kier molecular flexibility index (Phi) is 4.31. The zero-order valence-electron chi connectivity index (χ0n) is 17.3. The summed E-state index contributed by atoms with van der Waals surface area (Å²) in [5.74, 6) is 3.29. The van der Waals surface area contributed by atoms with Crippen molar-refractivity contribution in [3.8, 4) is 11.5 Å². The number of piperidine rings is 1. The van der Waals surface area contributed by atoms with Crippen molar-refractivity contribution in [3.05, 3.63) is 47.9 Å². The Morgan fingerprint density at radius 2 is 1.86 bits per heavy atom. The van der Waals surface area contributed by atoms with Crippen LogP contribution in [0.4, 0.5) is 0 Å². The van der Waals surface area contributed by atoms with Crippen LogP contribution in [0.1, 0.15) is 63.6 Å². The van der Waals surface area contributed by atoms with Crippen molar-refractivity contribution in [1.29, 1.82) is 0 Å². The van der Waals surface area contributed by atoms with Gasteiger partial charge in [-0.3, -0.25) is 4.90 Å². The van der Waals surface area contributed by atoms with Gasteiger partial charge in [-0.2, -0.15) is 4.98 Å². The van der Waals surface area contributed by atoms with Crippen LogP contribution in [-0.2, 0) is 12.0 Å². The Labute approximate surface area is 170 Å². The van der Waals surface area contributed by atoms with Crippen molar-refractivity contribution in [2.75, 3.05) is 13.1 Å². The number of benzene rings is 1. The number of aromatic nitrogens is 4. The van der Waals surface area contributed by atoms with E-state index >= 15 is 0 Å². The molecule has 2 aromatic heterocycles. The normalized spacial score (nSPS) is 21.6. The van der Waals surface area contributed by atoms with Crippen LogP contribution >= 0.6 is 0 Å². The van der Waals surface area contributed by atoms with Gasteiger partial charge in [-0.1, -0.05) is 44.1 Å². The van der Waals surface area contributed by atoms with E-state index in [1.807, 2.05) is 30.3 Å². The molecule has 7 nitrogen and oxygen atoms in total. The summed E-state index contributed by atoms with van der Waals surface area (Å²) in [6, 6.07) is 9.97. The van der Waals surface area contributed by atoms with Gasteiger partial charge in [0.15, 0.2) is 5.82 Å². The van der Waals surface area contributed by atoms with Gasteiger partial charge in [-0.05, 0) is 49.9 Å². The minimum Gasteiger partial charge on any atom is -0.420 e. The molecule has 0 radical (unpaired) electrons. The highest BCUT2D eigenvalue weighted by atomic mass is 16.5. The molecule has 1 aromatic carbocycles. The average Bonchev–Trinajstić information content (AvgIpc) is 3.07. The molecular weight excluding hydrogens is 366 g/mol. The van der Waals surface area contributed by atoms with Gasteiger partial charge in [0.05, 0.1) is 6.54 Å². The molecule has 1 saturated carbocycles. The Morgan fingerprint density at radius 3 is 2.55 bits per heavy atom. The maximum atomic E-state index is 6.01. The van der Waals surface area contributed by atoms with Crippen molar-refractivity contribution in [1.82, 2.24) is 25.2 Å². The van der Waals surface area contributed by atoms with Gasteiger partial charge in [-0.25, -0.2) is 0 Å². The first-order chi connectivity index (χ1) is 13.9. The molecule has 1 unspecified atom stereocenters. The molecule has 1 aliphatic carbocycles. The van der Waals surface area contributed by atoms with Crippen molar-refractivity contribution in [2.24, 2.45) is 5.41 Å². The predicted octanol–water partition coefficient (Wildman–Crippen LogP) is 4.19. The lowest BCUT2D eigenvalue weighted by Gasteiger charge is -2.31. The minimum absolute atomic E-state index is 0.110. The molecule has 1 spiro atoms. The van der Waals surface area contributed by atoms with E-state index in [1.54, 1.807) is 0 Å². The Morgan fingerprint density at radius 1 is 1.10 bits per heavy atom. The molecule has 1 saturated heterocycles. The van der Waals surface area contributed by atoms with E-state index in [2.05, 4.69) is 46.0 Å². The van der Waals surface area contributed by atoms with Crippen LogP contribution in [0.15, 0.2) is 39.3 Å². The van der Waals surface area contributed by atoms with Crippen molar-refractivity contribution in [2.45, 2.75) is 57.9 Å². The lowest BCUT2D eigenvalue weighted by molar-refractivity contribution is 0.155. The third-order valence-electron chi connectivity index (χ3n) is 6.28. The third kappa shape index (κ3) is 3.59. The van der Waals surface area contributed by atoms with Crippen molar-refractivity contribution in [3.63, 3.8) is 0 Å². The number of nitrogens with zero attached hydrogens (tertiary/aromatic N) is 5. The van der Waals surface area contributed by atoms with Crippen LogP contribution in [0.2, 0.25) is 0 Å². The second-order valence-electron chi connectivity index (χ2n) is 9.47. The first kappa shape index (κ1) is 18.5. The zero-order chi connectivity index (χ0) is 20.1. The number of rotatable bonds is 4. The van der Waals surface area contributed by atoms with Gasteiger partial charge in [-0.15, -0.1) is 10.2 Å². The van der Waals surface area contributed by atoms with E-state index in [1.165, 1.54) is 0 Å². The molecule has 0 N–H and O–H groups in total. The Balaban J connectivity index is 1.19. The van der Waals surface area contributed by atoms with E-state index in [9.17, 15) is 0 Å². The third-order valence-corrected chi connectivity index (χ3v) is 6.28. The average molecular weight is 393 g/mol. The highest BCUT2D eigenvalue weighted by Gasteiger charge is 2.58. The smallest absolute Gasteiger partial charge is 0.247 e. The van der Waals surface area contributed by atoms with Crippen molar-refractivity contribution < 1.29 is 8.94 Å². The number of likely N-dealkylation sites (tertiary alicyclic amines) is 1. The molecular formula is C22H27N5O2. The summed E-state index contributed by atoms with van der Waals surface area (Å²) < 4.78 is 11.4. The lowest BCUT2D eigenvalue weighted by Crippen LogP contribution is -2.34. The monoisotopic (exact) mass is 393 g/mol. The zero-order valence-corrected chi connectivity index (χ0v) is 17.3. The largest absolute Gasteiger partial charge is 0.420 e. The van der Waals surface area contributed by atoms with Crippen LogP contribution in [0, 0.1) is 5.41 Å². The first-order valence-electron chi connectivity index (χ1n) is 10.4. The molecule has 7 heteroatoms. The molecule has 1 atom stereocenters. The topological polar surface area (TPSA) is 81.1 Å². The maximum absolute atomic E-state index is 6.01. The fourth-order valence-electron chi connectivity index (χ4n) is 4.30. The molecule has 0 amide bonds. The van der Waals surface area contributed by atoms with Gasteiger partial charge < -0.3 is 8.94 Å².